The number of benzene rings is 2. The number of hydrogen-bond donors (Lipinski definition) is 0. The average molecular weight is 343 g/mol. The molecule has 0 amide bonds. The lowest BCUT2D eigenvalue weighted by atomic mass is 9.97. The molecule has 0 N–H and O–H groups in total. The first-order chi connectivity index (χ1) is 9.45. The van der Waals surface area contributed by atoms with Crippen LogP contribution in [0.4, 0.5) is 0 Å². The molecule has 2 aromatic rings. The highest BCUT2D eigenvalue weighted by Gasteiger charge is 2.17. The quantitative estimate of drug-likeness (QED) is 0.658. The topological polar surface area (TPSA) is 0 Å². The Morgan fingerprint density at radius 3 is 2.30 bits per heavy atom. The van der Waals surface area contributed by atoms with Gasteiger partial charge in [-0.1, -0.05) is 83.2 Å². The van der Waals surface area contributed by atoms with Crippen molar-refractivity contribution in [1.82, 2.24) is 0 Å². The molecule has 20 heavy (non-hydrogen) atoms. The highest BCUT2D eigenvalue weighted by molar-refractivity contribution is 9.11. The van der Waals surface area contributed by atoms with Gasteiger partial charge in [0, 0.05) is 10.9 Å². The minimum atomic E-state index is -1.21. The van der Waals surface area contributed by atoms with Gasteiger partial charge in [-0.3, -0.25) is 0 Å². The fraction of sp³-hybridized carbons (Fsp3) is 0.222. The summed E-state index contributed by atoms with van der Waals surface area (Å²) >= 11 is 3.63. The maximum Gasteiger partial charge on any atom is 0.0775 e. The van der Waals surface area contributed by atoms with Gasteiger partial charge in [-0.05, 0) is 28.3 Å². The van der Waals surface area contributed by atoms with Crippen molar-refractivity contribution in [2.75, 3.05) is 0 Å². The van der Waals surface area contributed by atoms with Gasteiger partial charge in [-0.15, -0.1) is 0 Å². The molecule has 0 aliphatic heterocycles. The molecule has 2 aromatic carbocycles. The van der Waals surface area contributed by atoms with Crippen LogP contribution in [0.1, 0.15) is 11.1 Å². The second-order valence-corrected chi connectivity index (χ2v) is 12.6. The van der Waals surface area contributed by atoms with E-state index in [-0.39, 0.29) is 0 Å². The molecule has 3 rings (SSSR count). The number of halogens is 1. The van der Waals surface area contributed by atoms with E-state index in [0.717, 1.165) is 6.42 Å². The molecule has 1 aliphatic carbocycles. The summed E-state index contributed by atoms with van der Waals surface area (Å²) < 4.78 is 1.28. The summed E-state index contributed by atoms with van der Waals surface area (Å²) in [6, 6.07) is 15.8. The SMILES string of the molecule is C[Si](C)(C)c1ccc(-c2cccc3c2C=C(Br)C3)cc1. The molecular weight excluding hydrogens is 324 g/mol. The molecule has 0 heterocycles. The molecule has 102 valence electrons. The van der Waals surface area contributed by atoms with Gasteiger partial charge in [0.2, 0.25) is 0 Å². The monoisotopic (exact) mass is 342 g/mol. The predicted molar refractivity (Wildman–Crippen MR) is 95.5 cm³/mol. The van der Waals surface area contributed by atoms with E-state index >= 15 is 0 Å². The van der Waals surface area contributed by atoms with Crippen LogP contribution in [0.3, 0.4) is 0 Å². The Labute approximate surface area is 130 Å². The highest BCUT2D eigenvalue weighted by atomic mass is 79.9. The third-order valence-electron chi connectivity index (χ3n) is 3.92. The highest BCUT2D eigenvalue weighted by Crippen LogP contribution is 2.35. The molecule has 0 spiro atoms. The summed E-state index contributed by atoms with van der Waals surface area (Å²) in [5.74, 6) is 0. The Morgan fingerprint density at radius 2 is 1.65 bits per heavy atom. The first kappa shape index (κ1) is 13.8. The molecular formula is C18H19BrSi. The third-order valence-corrected chi connectivity index (χ3v) is 6.49. The lowest BCUT2D eigenvalue weighted by Crippen LogP contribution is -2.37. The zero-order chi connectivity index (χ0) is 14.3. The van der Waals surface area contributed by atoms with Gasteiger partial charge < -0.3 is 0 Å². The van der Waals surface area contributed by atoms with Gasteiger partial charge in [0.25, 0.3) is 0 Å². The van der Waals surface area contributed by atoms with E-state index in [9.17, 15) is 0 Å². The molecule has 0 atom stereocenters. The van der Waals surface area contributed by atoms with Crippen LogP contribution in [0.5, 0.6) is 0 Å². The number of allylic oxidation sites excluding steroid dienone is 1. The largest absolute Gasteiger partial charge is 0.0775 e. The molecule has 0 fully saturated rings. The van der Waals surface area contributed by atoms with Crippen molar-refractivity contribution < 1.29 is 0 Å². The van der Waals surface area contributed by atoms with Crippen LogP contribution >= 0.6 is 15.9 Å². The van der Waals surface area contributed by atoms with Crippen molar-refractivity contribution in [1.29, 1.82) is 0 Å². The average Bonchev–Trinajstić information content (AvgIpc) is 2.78. The number of fused-ring (bicyclic) bond motifs is 1. The van der Waals surface area contributed by atoms with Crippen LogP contribution in [0.25, 0.3) is 17.2 Å². The van der Waals surface area contributed by atoms with Gasteiger partial charge in [0.05, 0.1) is 8.07 Å². The Morgan fingerprint density at radius 1 is 0.950 bits per heavy atom. The fourth-order valence-electron chi connectivity index (χ4n) is 2.73. The van der Waals surface area contributed by atoms with Crippen molar-refractivity contribution in [2.45, 2.75) is 26.1 Å². The number of rotatable bonds is 2. The summed E-state index contributed by atoms with van der Waals surface area (Å²) in [5, 5.41) is 1.52. The summed E-state index contributed by atoms with van der Waals surface area (Å²) in [4.78, 5) is 0. The van der Waals surface area contributed by atoms with Gasteiger partial charge in [-0.2, -0.15) is 0 Å². The number of hydrogen-bond acceptors (Lipinski definition) is 0. The lowest BCUT2D eigenvalue weighted by molar-refractivity contribution is 1.30. The second kappa shape index (κ2) is 5.01. The van der Waals surface area contributed by atoms with E-state index in [4.69, 9.17) is 0 Å². The third kappa shape index (κ3) is 2.55. The zero-order valence-corrected chi connectivity index (χ0v) is 14.8. The molecule has 0 aromatic heterocycles. The van der Waals surface area contributed by atoms with Crippen molar-refractivity contribution in [3.8, 4) is 11.1 Å². The molecule has 0 unspecified atom stereocenters. The van der Waals surface area contributed by atoms with Gasteiger partial charge in [0.1, 0.15) is 0 Å². The fourth-order valence-corrected chi connectivity index (χ4v) is 4.43. The standard InChI is InChI=1S/C18H19BrSi/c1-20(2,3)16-9-7-13(8-10-16)17-6-4-5-14-11-15(19)12-18(14)17/h4-10,12H,11H2,1-3H3. The molecule has 0 saturated carbocycles. The molecule has 0 nitrogen and oxygen atoms in total. The van der Waals surface area contributed by atoms with Crippen molar-refractivity contribution in [2.24, 2.45) is 0 Å². The van der Waals surface area contributed by atoms with Crippen LogP contribution < -0.4 is 5.19 Å². The first-order valence-corrected chi connectivity index (χ1v) is 11.3. The maximum atomic E-state index is 3.63. The second-order valence-electron chi connectivity index (χ2n) is 6.47. The molecule has 0 saturated heterocycles. The predicted octanol–water partition coefficient (Wildman–Crippen LogP) is 5.19. The van der Waals surface area contributed by atoms with E-state index in [0.29, 0.717) is 0 Å². The summed E-state index contributed by atoms with van der Waals surface area (Å²) in [6.07, 6.45) is 3.28. The summed E-state index contributed by atoms with van der Waals surface area (Å²) in [6.45, 7) is 7.17. The van der Waals surface area contributed by atoms with Crippen LogP contribution in [-0.4, -0.2) is 8.07 Å². The lowest BCUT2D eigenvalue weighted by Gasteiger charge is -2.17. The smallest absolute Gasteiger partial charge is 0.0656 e. The summed E-state index contributed by atoms with van der Waals surface area (Å²) in [7, 11) is -1.21. The Kier molecular flexibility index (Phi) is 3.47. The minimum absolute atomic E-state index is 1.02. The molecule has 2 heteroatoms. The van der Waals surface area contributed by atoms with E-state index in [1.165, 1.54) is 31.9 Å². The van der Waals surface area contributed by atoms with E-state index in [1.54, 1.807) is 0 Å². The molecule has 0 bridgehead atoms. The van der Waals surface area contributed by atoms with Crippen LogP contribution in [-0.2, 0) is 6.42 Å². The van der Waals surface area contributed by atoms with E-state index in [2.05, 4.69) is 84.1 Å². The Balaban J connectivity index is 2.05. The zero-order valence-electron chi connectivity index (χ0n) is 12.2. The summed E-state index contributed by atoms with van der Waals surface area (Å²) in [5.41, 5.74) is 5.46. The van der Waals surface area contributed by atoms with E-state index in [1.807, 2.05) is 0 Å². The maximum absolute atomic E-state index is 3.63. The normalized spacial score (nSPS) is 14.1. The van der Waals surface area contributed by atoms with Crippen molar-refractivity contribution in [3.05, 3.63) is 58.1 Å². The van der Waals surface area contributed by atoms with Gasteiger partial charge in [-0.25, -0.2) is 0 Å². The van der Waals surface area contributed by atoms with Crippen molar-refractivity contribution in [3.63, 3.8) is 0 Å². The van der Waals surface area contributed by atoms with Gasteiger partial charge in [0.15, 0.2) is 0 Å². The Bertz CT molecular complexity index is 676. The van der Waals surface area contributed by atoms with E-state index < -0.39 is 8.07 Å². The van der Waals surface area contributed by atoms with Crippen LogP contribution in [0.15, 0.2) is 46.9 Å². The first-order valence-electron chi connectivity index (χ1n) is 7.04. The van der Waals surface area contributed by atoms with Crippen LogP contribution in [0.2, 0.25) is 19.6 Å². The van der Waals surface area contributed by atoms with Crippen LogP contribution in [0, 0.1) is 0 Å². The Hall–Kier alpha value is -1.12. The van der Waals surface area contributed by atoms with Gasteiger partial charge >= 0.3 is 0 Å². The minimum Gasteiger partial charge on any atom is -0.0656 e. The molecule has 1 aliphatic rings. The van der Waals surface area contributed by atoms with Crippen molar-refractivity contribution >= 4 is 35.3 Å². The molecule has 0 radical (unpaired) electrons.